The van der Waals surface area contributed by atoms with E-state index in [9.17, 15) is 14.4 Å². The molecule has 8 heteroatoms. The van der Waals surface area contributed by atoms with E-state index in [-0.39, 0.29) is 12.8 Å². The van der Waals surface area contributed by atoms with E-state index in [2.05, 4.69) is 12.2 Å². The first-order valence-electron chi connectivity index (χ1n) is 13.4. The molecule has 0 spiro atoms. The average Bonchev–Trinajstić information content (AvgIpc) is 2.79. The van der Waals surface area contributed by atoms with Crippen LogP contribution in [0.5, 0.6) is 0 Å². The summed E-state index contributed by atoms with van der Waals surface area (Å²) in [5.41, 5.74) is 9.89. The van der Waals surface area contributed by atoms with Crippen LogP contribution in [0, 0.1) is 0 Å². The first kappa shape index (κ1) is 34.5. The molecule has 0 saturated carbocycles. The monoisotopic (exact) mass is 487 g/mol. The van der Waals surface area contributed by atoms with Crippen molar-refractivity contribution < 1.29 is 24.6 Å². The van der Waals surface area contributed by atoms with Crippen molar-refractivity contribution in [1.82, 2.24) is 5.32 Å². The first-order valence-corrected chi connectivity index (χ1v) is 13.4. The summed E-state index contributed by atoms with van der Waals surface area (Å²) in [7, 11) is 0. The standard InChI is InChI=1S/C21H43NO2.C5H10N2O3/c1-3-4-5-6-7-8-9-10-11-12-13-14-15-16-17-18-19-22-20(2)21(23)24;6-3(5(7)10)1-2-4(8)9/h20,22H,3-19H2,1-2H3,(H,23,24);3H,1-2,6H2,(H2,7,10)(H,8,9). The van der Waals surface area contributed by atoms with Gasteiger partial charge in [-0.2, -0.15) is 0 Å². The highest BCUT2D eigenvalue weighted by atomic mass is 16.4. The van der Waals surface area contributed by atoms with Gasteiger partial charge in [0, 0.05) is 6.42 Å². The van der Waals surface area contributed by atoms with Gasteiger partial charge in [-0.25, -0.2) is 0 Å². The van der Waals surface area contributed by atoms with Crippen LogP contribution in [0.25, 0.3) is 0 Å². The van der Waals surface area contributed by atoms with Gasteiger partial charge in [-0.05, 0) is 26.3 Å². The molecule has 202 valence electrons. The Balaban J connectivity index is 0. The van der Waals surface area contributed by atoms with E-state index < -0.39 is 29.9 Å². The molecular formula is C26H53N3O5. The zero-order valence-electron chi connectivity index (χ0n) is 21.9. The molecule has 8 nitrogen and oxygen atoms in total. The van der Waals surface area contributed by atoms with E-state index in [1.165, 1.54) is 96.3 Å². The van der Waals surface area contributed by atoms with Gasteiger partial charge in [0.15, 0.2) is 0 Å². The lowest BCUT2D eigenvalue weighted by Gasteiger charge is -2.08. The van der Waals surface area contributed by atoms with Crippen molar-refractivity contribution in [2.24, 2.45) is 11.5 Å². The van der Waals surface area contributed by atoms with Gasteiger partial charge < -0.3 is 27.0 Å². The number of primary amides is 1. The third kappa shape index (κ3) is 28.4. The Morgan fingerprint density at radius 2 is 1.12 bits per heavy atom. The summed E-state index contributed by atoms with van der Waals surface area (Å²) in [6, 6.07) is -1.25. The Morgan fingerprint density at radius 1 is 0.735 bits per heavy atom. The van der Waals surface area contributed by atoms with Crippen molar-refractivity contribution in [2.45, 2.75) is 142 Å². The molecule has 0 rings (SSSR count). The molecule has 0 aliphatic carbocycles. The maximum atomic E-state index is 10.6. The van der Waals surface area contributed by atoms with E-state index in [0.717, 1.165) is 13.0 Å². The molecule has 1 amide bonds. The molecule has 0 aliphatic rings. The molecular weight excluding hydrogens is 434 g/mol. The van der Waals surface area contributed by atoms with Crippen LogP contribution < -0.4 is 16.8 Å². The second-order valence-electron chi connectivity index (χ2n) is 9.26. The van der Waals surface area contributed by atoms with Crippen LogP contribution in [-0.4, -0.2) is 46.7 Å². The van der Waals surface area contributed by atoms with Crippen LogP contribution in [-0.2, 0) is 14.4 Å². The summed E-state index contributed by atoms with van der Waals surface area (Å²) in [5, 5.41) is 19.9. The summed E-state index contributed by atoms with van der Waals surface area (Å²) in [6.07, 6.45) is 21.9. The second-order valence-corrected chi connectivity index (χ2v) is 9.26. The van der Waals surface area contributed by atoms with E-state index in [1.807, 2.05) is 0 Å². The summed E-state index contributed by atoms with van der Waals surface area (Å²) in [4.78, 5) is 30.8. The number of nitrogens with one attached hydrogen (secondary N) is 1. The van der Waals surface area contributed by atoms with E-state index in [4.69, 9.17) is 21.7 Å². The predicted octanol–water partition coefficient (Wildman–Crippen LogP) is 4.97. The molecule has 2 unspecified atom stereocenters. The van der Waals surface area contributed by atoms with Crippen molar-refractivity contribution in [1.29, 1.82) is 0 Å². The highest BCUT2D eigenvalue weighted by molar-refractivity contribution is 5.80. The number of nitrogens with two attached hydrogens (primary N) is 2. The van der Waals surface area contributed by atoms with Crippen LogP contribution >= 0.6 is 0 Å². The van der Waals surface area contributed by atoms with Gasteiger partial charge in [0.25, 0.3) is 0 Å². The van der Waals surface area contributed by atoms with Crippen LogP contribution in [0.4, 0.5) is 0 Å². The third-order valence-corrected chi connectivity index (χ3v) is 5.89. The molecule has 0 aromatic rings. The number of rotatable bonds is 23. The van der Waals surface area contributed by atoms with Crippen LogP contribution in [0.2, 0.25) is 0 Å². The largest absolute Gasteiger partial charge is 0.481 e. The molecule has 0 heterocycles. The predicted molar refractivity (Wildman–Crippen MR) is 139 cm³/mol. The fourth-order valence-corrected chi connectivity index (χ4v) is 3.50. The van der Waals surface area contributed by atoms with Gasteiger partial charge in [-0.3, -0.25) is 14.4 Å². The normalized spacial score (nSPS) is 12.4. The Bertz CT molecular complexity index is 503. The van der Waals surface area contributed by atoms with E-state index in [1.54, 1.807) is 6.92 Å². The number of aliphatic carboxylic acids is 2. The molecule has 0 bridgehead atoms. The van der Waals surface area contributed by atoms with Crippen molar-refractivity contribution in [2.75, 3.05) is 6.54 Å². The minimum absolute atomic E-state index is 0.102. The van der Waals surface area contributed by atoms with Crippen LogP contribution in [0.1, 0.15) is 129 Å². The summed E-state index contributed by atoms with van der Waals surface area (Å²) < 4.78 is 0. The molecule has 0 fully saturated rings. The number of carbonyl (C=O) groups is 3. The fraction of sp³-hybridized carbons (Fsp3) is 0.885. The summed E-state index contributed by atoms with van der Waals surface area (Å²) >= 11 is 0. The number of hydrogen-bond acceptors (Lipinski definition) is 5. The highest BCUT2D eigenvalue weighted by Crippen LogP contribution is 2.13. The third-order valence-electron chi connectivity index (χ3n) is 5.89. The minimum Gasteiger partial charge on any atom is -0.481 e. The number of carbonyl (C=O) groups excluding carboxylic acids is 1. The molecule has 34 heavy (non-hydrogen) atoms. The lowest BCUT2D eigenvalue weighted by Crippen LogP contribution is -2.36. The number of hydrogen-bond donors (Lipinski definition) is 5. The molecule has 0 aromatic heterocycles. The fourth-order valence-electron chi connectivity index (χ4n) is 3.50. The van der Waals surface area contributed by atoms with Gasteiger partial charge in [0.1, 0.15) is 6.04 Å². The smallest absolute Gasteiger partial charge is 0.320 e. The van der Waals surface area contributed by atoms with Crippen molar-refractivity contribution >= 4 is 17.8 Å². The Labute approximate surface area is 207 Å². The Morgan fingerprint density at radius 3 is 1.44 bits per heavy atom. The first-order chi connectivity index (χ1) is 16.2. The number of unbranched alkanes of at least 4 members (excludes halogenated alkanes) is 15. The topological polar surface area (TPSA) is 156 Å². The second kappa shape index (κ2) is 25.9. The molecule has 7 N–H and O–H groups in total. The highest BCUT2D eigenvalue weighted by Gasteiger charge is 2.10. The summed E-state index contributed by atoms with van der Waals surface area (Å²) in [5.74, 6) is -2.40. The van der Waals surface area contributed by atoms with E-state index in [0.29, 0.717) is 0 Å². The Hall–Kier alpha value is -1.67. The van der Waals surface area contributed by atoms with Gasteiger partial charge in [0.2, 0.25) is 5.91 Å². The van der Waals surface area contributed by atoms with Crippen LogP contribution in [0.15, 0.2) is 0 Å². The molecule has 0 radical (unpaired) electrons. The average molecular weight is 488 g/mol. The molecule has 2 atom stereocenters. The van der Waals surface area contributed by atoms with Crippen molar-refractivity contribution in [3.63, 3.8) is 0 Å². The maximum absolute atomic E-state index is 10.6. The van der Waals surface area contributed by atoms with Gasteiger partial charge in [-0.15, -0.1) is 0 Å². The molecule has 0 aromatic carbocycles. The Kier molecular flexibility index (Phi) is 26.3. The van der Waals surface area contributed by atoms with E-state index >= 15 is 0 Å². The zero-order chi connectivity index (χ0) is 26.0. The lowest BCUT2D eigenvalue weighted by molar-refractivity contribution is -0.139. The maximum Gasteiger partial charge on any atom is 0.320 e. The number of carboxylic acids is 2. The minimum atomic E-state index is -0.975. The number of carboxylic acid groups (broad SMARTS) is 2. The molecule has 0 aliphatic heterocycles. The lowest BCUT2D eigenvalue weighted by atomic mass is 10.0. The quantitative estimate of drug-likeness (QED) is 0.127. The van der Waals surface area contributed by atoms with Gasteiger partial charge in [0.05, 0.1) is 6.04 Å². The van der Waals surface area contributed by atoms with Gasteiger partial charge >= 0.3 is 11.9 Å². The zero-order valence-corrected chi connectivity index (χ0v) is 21.9. The molecule has 0 saturated heterocycles. The van der Waals surface area contributed by atoms with Gasteiger partial charge in [-0.1, -0.05) is 103 Å². The summed E-state index contributed by atoms with van der Waals surface area (Å²) in [6.45, 7) is 4.81. The SMILES string of the molecule is CCCCCCCCCCCCCCCCCCNC(C)C(=O)O.NC(=O)C(N)CCC(=O)O. The number of amides is 1. The van der Waals surface area contributed by atoms with Crippen molar-refractivity contribution in [3.8, 4) is 0 Å². The van der Waals surface area contributed by atoms with Crippen molar-refractivity contribution in [3.05, 3.63) is 0 Å². The van der Waals surface area contributed by atoms with Crippen LogP contribution in [0.3, 0.4) is 0 Å².